The van der Waals surface area contributed by atoms with Gasteiger partial charge in [-0.05, 0) is 115 Å². The predicted molar refractivity (Wildman–Crippen MR) is 159 cm³/mol. The van der Waals surface area contributed by atoms with E-state index in [2.05, 4.69) is 54.5 Å². The number of ether oxygens (including phenoxy) is 2. The number of carboxylic acids is 1. The Morgan fingerprint density at radius 2 is 1.64 bits per heavy atom. The van der Waals surface area contributed by atoms with Crippen LogP contribution in [0.1, 0.15) is 106 Å². The highest BCUT2D eigenvalue weighted by Gasteiger charge is 2.68. The van der Waals surface area contributed by atoms with E-state index in [1.165, 1.54) is 16.7 Å². The first kappa shape index (κ1) is 30.8. The Morgan fingerprint density at radius 1 is 0.929 bits per heavy atom. The molecule has 7 nitrogen and oxygen atoms in total. The van der Waals surface area contributed by atoms with Gasteiger partial charge in [-0.3, -0.25) is 4.79 Å². The molecule has 0 amide bonds. The molecule has 236 valence electrons. The van der Waals surface area contributed by atoms with Gasteiger partial charge in [-0.15, -0.1) is 0 Å². The highest BCUT2D eigenvalue weighted by atomic mass is 16.7. The Bertz CT molecular complexity index is 1190. The van der Waals surface area contributed by atoms with E-state index in [0.717, 1.165) is 57.8 Å². The summed E-state index contributed by atoms with van der Waals surface area (Å²) in [6.45, 7) is 16.5. The molecule has 5 aliphatic carbocycles. The van der Waals surface area contributed by atoms with Crippen molar-refractivity contribution in [2.45, 2.75) is 137 Å². The predicted octanol–water partition coefficient (Wildman–Crippen LogP) is 5.62. The second kappa shape index (κ2) is 9.87. The second-order valence-electron chi connectivity index (χ2n) is 16.4. The molecule has 1 aliphatic heterocycles. The van der Waals surface area contributed by atoms with Crippen molar-refractivity contribution in [1.29, 1.82) is 0 Å². The zero-order chi connectivity index (χ0) is 30.6. The smallest absolute Gasteiger partial charge is 0.314 e. The summed E-state index contributed by atoms with van der Waals surface area (Å²) in [6.07, 6.45) is 6.07. The van der Waals surface area contributed by atoms with Crippen LogP contribution < -0.4 is 0 Å². The molecule has 0 bridgehead atoms. The van der Waals surface area contributed by atoms with Gasteiger partial charge in [0.2, 0.25) is 0 Å². The summed E-state index contributed by atoms with van der Waals surface area (Å²) in [4.78, 5) is 12.9. The van der Waals surface area contributed by atoms with Gasteiger partial charge in [-0.25, -0.2) is 0 Å². The molecule has 3 saturated carbocycles. The molecule has 0 aromatic heterocycles. The minimum Gasteiger partial charge on any atom is -0.481 e. The lowest BCUT2D eigenvalue weighted by molar-refractivity contribution is -0.308. The lowest BCUT2D eigenvalue weighted by atomic mass is 9.34. The van der Waals surface area contributed by atoms with Crippen molar-refractivity contribution in [2.75, 3.05) is 6.61 Å². The number of carbonyl (C=O) groups is 1. The molecule has 6 aliphatic rings. The van der Waals surface area contributed by atoms with E-state index in [4.69, 9.17) is 9.47 Å². The maximum absolute atomic E-state index is 12.9. The van der Waals surface area contributed by atoms with Gasteiger partial charge in [-0.1, -0.05) is 53.2 Å². The van der Waals surface area contributed by atoms with Crippen molar-refractivity contribution in [3.63, 3.8) is 0 Å². The first-order valence-corrected chi connectivity index (χ1v) is 16.5. The number of hydrogen-bond donors (Lipinski definition) is 4. The summed E-state index contributed by atoms with van der Waals surface area (Å²) in [5.74, 6) is 0.671. The molecule has 0 spiro atoms. The third-order valence-electron chi connectivity index (χ3n) is 14.5. The molecule has 1 saturated heterocycles. The average Bonchev–Trinajstić information content (AvgIpc) is 2.92. The Balaban J connectivity index is 1.33. The van der Waals surface area contributed by atoms with E-state index in [-0.39, 0.29) is 34.4 Å². The number of fused-ring (bicyclic) bond motifs is 7. The Kier molecular flexibility index (Phi) is 7.23. The zero-order valence-corrected chi connectivity index (χ0v) is 26.8. The maximum atomic E-state index is 12.9. The minimum atomic E-state index is -1.28. The van der Waals surface area contributed by atoms with Crippen LogP contribution in [-0.2, 0) is 14.3 Å². The minimum absolute atomic E-state index is 0.0529. The van der Waals surface area contributed by atoms with Gasteiger partial charge >= 0.3 is 5.97 Å². The lowest BCUT2D eigenvalue weighted by Gasteiger charge is -2.70. The normalized spacial score (nSPS) is 51.9. The van der Waals surface area contributed by atoms with E-state index in [1.807, 2.05) is 0 Å². The number of aliphatic hydroxyl groups is 3. The maximum Gasteiger partial charge on any atom is 0.314 e. The van der Waals surface area contributed by atoms with Gasteiger partial charge in [0.05, 0.1) is 18.1 Å². The molecule has 7 heteroatoms. The van der Waals surface area contributed by atoms with Crippen LogP contribution in [0.25, 0.3) is 0 Å². The number of aliphatic hydroxyl groups excluding tert-OH is 3. The van der Waals surface area contributed by atoms with Crippen molar-refractivity contribution in [3.8, 4) is 0 Å². The Hall–Kier alpha value is -1.25. The summed E-state index contributed by atoms with van der Waals surface area (Å²) >= 11 is 0. The van der Waals surface area contributed by atoms with Crippen molar-refractivity contribution in [1.82, 2.24) is 0 Å². The summed E-state index contributed by atoms with van der Waals surface area (Å²) in [5, 5.41) is 41.3. The third kappa shape index (κ3) is 3.92. The Morgan fingerprint density at radius 3 is 2.33 bits per heavy atom. The topological polar surface area (TPSA) is 116 Å². The number of rotatable bonds is 3. The summed E-state index contributed by atoms with van der Waals surface area (Å²) in [7, 11) is 0. The van der Waals surface area contributed by atoms with Crippen LogP contribution in [0.5, 0.6) is 0 Å². The highest BCUT2D eigenvalue weighted by Crippen LogP contribution is 2.75. The van der Waals surface area contributed by atoms with Crippen LogP contribution in [0.3, 0.4) is 0 Å². The van der Waals surface area contributed by atoms with E-state index < -0.39 is 36.0 Å². The van der Waals surface area contributed by atoms with Crippen molar-refractivity contribution < 1.29 is 34.7 Å². The van der Waals surface area contributed by atoms with Crippen LogP contribution in [-0.4, -0.2) is 63.7 Å². The van der Waals surface area contributed by atoms with Crippen LogP contribution in [0.4, 0.5) is 0 Å². The second-order valence-corrected chi connectivity index (χ2v) is 16.4. The van der Waals surface area contributed by atoms with Gasteiger partial charge < -0.3 is 29.9 Å². The standard InChI is InChI=1S/C35H54O7/c1-19-10-15-35(30(39)40)17-16-33(6)21(26(35)20(19)2)8-9-24-32(5)13-12-25(31(3,4)23(32)11-14-34(24,33)7)42-29-28(38)27(37)22(36)18-41-29/h8,19,22-25,27-29,36-38H,9-18H2,1-7H3,(H,39,40)/t19-,22-,23+,24-,25+,27+,28-,29+,32+,33-,34-,35+/m1/s1. The van der Waals surface area contributed by atoms with Crippen LogP contribution >= 0.6 is 0 Å². The molecule has 1 heterocycles. The van der Waals surface area contributed by atoms with Gasteiger partial charge in [0.25, 0.3) is 0 Å². The van der Waals surface area contributed by atoms with Gasteiger partial charge in [0.15, 0.2) is 6.29 Å². The molecular formula is C35H54O7. The molecule has 0 radical (unpaired) electrons. The largest absolute Gasteiger partial charge is 0.481 e. The fourth-order valence-corrected chi connectivity index (χ4v) is 11.5. The SMILES string of the molecule is CC1=C2C3=CC[C@@H]4[C@@]5(C)CC[C@H](O[C@@H]6OC[C@@H](O)[C@H](O)[C@H]6O)C(C)(C)[C@@H]5CC[C@@]4(C)[C@]3(C)CC[C@@]2(C(=O)O)CC[C@H]1C. The number of allylic oxidation sites excluding steroid dienone is 3. The van der Waals surface area contributed by atoms with E-state index in [9.17, 15) is 25.2 Å². The van der Waals surface area contributed by atoms with Crippen LogP contribution in [0.2, 0.25) is 0 Å². The molecule has 4 N–H and O–H groups in total. The van der Waals surface area contributed by atoms with Gasteiger partial charge in [0.1, 0.15) is 18.3 Å². The monoisotopic (exact) mass is 586 g/mol. The molecule has 0 aromatic rings. The lowest BCUT2D eigenvalue weighted by Crippen LogP contribution is -2.65. The summed E-state index contributed by atoms with van der Waals surface area (Å²) in [5.41, 5.74) is 3.00. The Labute approximate surface area is 251 Å². The molecule has 6 rings (SSSR count). The fraction of sp³-hybridized carbons (Fsp3) is 0.857. The van der Waals surface area contributed by atoms with Crippen molar-refractivity contribution in [3.05, 3.63) is 22.8 Å². The number of carboxylic acid groups (broad SMARTS) is 1. The summed E-state index contributed by atoms with van der Waals surface area (Å²) in [6, 6.07) is 0. The van der Waals surface area contributed by atoms with Gasteiger partial charge in [-0.2, -0.15) is 0 Å². The van der Waals surface area contributed by atoms with E-state index >= 15 is 0 Å². The molecule has 42 heavy (non-hydrogen) atoms. The first-order valence-electron chi connectivity index (χ1n) is 16.5. The van der Waals surface area contributed by atoms with E-state index in [1.54, 1.807) is 0 Å². The third-order valence-corrected chi connectivity index (χ3v) is 14.5. The number of hydrogen-bond acceptors (Lipinski definition) is 6. The van der Waals surface area contributed by atoms with Crippen LogP contribution in [0, 0.1) is 44.8 Å². The summed E-state index contributed by atoms with van der Waals surface area (Å²) < 4.78 is 12.1. The average molecular weight is 587 g/mol. The molecule has 0 aromatic carbocycles. The first-order chi connectivity index (χ1) is 19.5. The van der Waals surface area contributed by atoms with Crippen LogP contribution in [0.15, 0.2) is 22.8 Å². The molecular weight excluding hydrogens is 532 g/mol. The van der Waals surface area contributed by atoms with Gasteiger partial charge in [0, 0.05) is 0 Å². The molecule has 12 atom stereocenters. The number of aliphatic carboxylic acids is 1. The fourth-order valence-electron chi connectivity index (χ4n) is 11.5. The quantitative estimate of drug-likeness (QED) is 0.317. The van der Waals surface area contributed by atoms with E-state index in [0.29, 0.717) is 17.8 Å². The highest BCUT2D eigenvalue weighted by molar-refractivity contribution is 5.82. The van der Waals surface area contributed by atoms with Crippen molar-refractivity contribution in [2.24, 2.45) is 44.8 Å². The van der Waals surface area contributed by atoms with Crippen molar-refractivity contribution >= 4 is 5.97 Å². The zero-order valence-electron chi connectivity index (χ0n) is 26.8. The molecule has 4 fully saturated rings. The molecule has 0 unspecified atom stereocenters.